The number of carbonyl (C=O) groups is 1. The van der Waals surface area contributed by atoms with E-state index >= 15 is 0 Å². The van der Waals surface area contributed by atoms with Crippen LogP contribution < -0.4 is 4.74 Å². The average molecular weight is 386 g/mol. The quantitative estimate of drug-likeness (QED) is 0.521. The molecule has 6 nitrogen and oxygen atoms in total. The van der Waals surface area contributed by atoms with Gasteiger partial charge in [-0.15, -0.1) is 0 Å². The van der Waals surface area contributed by atoms with Crippen molar-refractivity contribution in [3.05, 3.63) is 72.3 Å². The lowest BCUT2D eigenvalue weighted by Crippen LogP contribution is -2.02. The number of aromatic hydroxyl groups is 1. The first-order valence-electron chi connectivity index (χ1n) is 8.93. The summed E-state index contributed by atoms with van der Waals surface area (Å²) in [6, 6.07) is 19.4. The Kier molecular flexibility index (Phi) is 4.83. The van der Waals surface area contributed by atoms with Gasteiger partial charge in [0.15, 0.2) is 0 Å². The molecule has 0 unspecified atom stereocenters. The number of phenols is 1. The van der Waals surface area contributed by atoms with Gasteiger partial charge in [-0.25, -0.2) is 14.8 Å². The molecule has 3 aromatic carbocycles. The van der Waals surface area contributed by atoms with E-state index in [2.05, 4.69) is 0 Å². The van der Waals surface area contributed by atoms with Crippen molar-refractivity contribution >= 4 is 17.0 Å². The lowest BCUT2D eigenvalue weighted by molar-refractivity contribution is 0.0601. The van der Waals surface area contributed by atoms with Crippen molar-refractivity contribution < 1.29 is 19.4 Å². The smallest absolute Gasteiger partial charge is 0.337 e. The molecule has 0 atom stereocenters. The number of hydrogen-bond acceptors (Lipinski definition) is 6. The summed E-state index contributed by atoms with van der Waals surface area (Å²) in [5.74, 6) is 0.486. The van der Waals surface area contributed by atoms with Crippen LogP contribution in [0.5, 0.6) is 11.5 Å². The number of nitrogens with zero attached hydrogens (tertiary/aromatic N) is 2. The van der Waals surface area contributed by atoms with Crippen LogP contribution in [0.3, 0.4) is 0 Å². The fraction of sp³-hybridized carbons (Fsp3) is 0.0870. The average Bonchev–Trinajstić information content (AvgIpc) is 2.78. The van der Waals surface area contributed by atoms with Gasteiger partial charge in [-0.05, 0) is 66.7 Å². The maximum absolute atomic E-state index is 11.9. The van der Waals surface area contributed by atoms with Crippen LogP contribution in [0.15, 0.2) is 66.7 Å². The van der Waals surface area contributed by atoms with E-state index in [4.69, 9.17) is 19.4 Å². The Hall–Kier alpha value is -3.93. The minimum atomic E-state index is -0.428. The van der Waals surface area contributed by atoms with Gasteiger partial charge in [0, 0.05) is 11.1 Å². The highest BCUT2D eigenvalue weighted by Crippen LogP contribution is 2.32. The molecule has 1 heterocycles. The molecule has 1 N–H and O–H groups in total. The first-order chi connectivity index (χ1) is 14.1. The zero-order valence-corrected chi connectivity index (χ0v) is 15.9. The van der Waals surface area contributed by atoms with Gasteiger partial charge in [0.1, 0.15) is 11.5 Å². The Morgan fingerprint density at radius 3 is 1.97 bits per heavy atom. The van der Waals surface area contributed by atoms with Crippen molar-refractivity contribution in [1.82, 2.24) is 9.97 Å². The normalized spacial score (nSPS) is 10.7. The molecular weight excluding hydrogens is 368 g/mol. The summed E-state index contributed by atoms with van der Waals surface area (Å²) < 4.78 is 10.0. The monoisotopic (exact) mass is 386 g/mol. The van der Waals surface area contributed by atoms with Crippen LogP contribution in [-0.2, 0) is 4.74 Å². The summed E-state index contributed by atoms with van der Waals surface area (Å²) in [5, 5.41) is 9.63. The summed E-state index contributed by atoms with van der Waals surface area (Å²) in [6.45, 7) is 0. The highest BCUT2D eigenvalue weighted by molar-refractivity contribution is 5.95. The molecule has 0 fully saturated rings. The molecule has 0 aliphatic carbocycles. The molecule has 0 radical (unpaired) electrons. The predicted octanol–water partition coefficient (Wildman–Crippen LogP) is 4.46. The highest BCUT2D eigenvalue weighted by atomic mass is 16.5. The summed E-state index contributed by atoms with van der Waals surface area (Å²) in [4.78, 5) is 21.5. The van der Waals surface area contributed by atoms with Gasteiger partial charge < -0.3 is 14.6 Å². The predicted molar refractivity (Wildman–Crippen MR) is 110 cm³/mol. The molecule has 0 aliphatic rings. The van der Waals surface area contributed by atoms with E-state index in [0.717, 1.165) is 16.9 Å². The van der Waals surface area contributed by atoms with Crippen LogP contribution >= 0.6 is 0 Å². The van der Waals surface area contributed by atoms with Crippen molar-refractivity contribution in [3.63, 3.8) is 0 Å². The number of fused-ring (bicyclic) bond motifs is 1. The van der Waals surface area contributed by atoms with E-state index in [0.29, 0.717) is 28.0 Å². The third kappa shape index (κ3) is 3.60. The van der Waals surface area contributed by atoms with Crippen LogP contribution in [0.25, 0.3) is 33.5 Å². The lowest BCUT2D eigenvalue weighted by Gasteiger charge is -2.12. The van der Waals surface area contributed by atoms with E-state index in [-0.39, 0.29) is 5.75 Å². The summed E-state index contributed by atoms with van der Waals surface area (Å²) in [6.07, 6.45) is 0. The van der Waals surface area contributed by atoms with E-state index in [1.54, 1.807) is 49.6 Å². The molecule has 1 aromatic heterocycles. The molecule has 144 valence electrons. The number of hydrogen-bond donors (Lipinski definition) is 1. The summed E-state index contributed by atoms with van der Waals surface area (Å²) in [5.41, 5.74) is 4.65. The van der Waals surface area contributed by atoms with Crippen molar-refractivity contribution in [2.75, 3.05) is 14.2 Å². The van der Waals surface area contributed by atoms with Crippen molar-refractivity contribution in [2.24, 2.45) is 0 Å². The van der Waals surface area contributed by atoms with Gasteiger partial charge in [0.25, 0.3) is 0 Å². The highest BCUT2D eigenvalue weighted by Gasteiger charge is 2.15. The summed E-state index contributed by atoms with van der Waals surface area (Å²) in [7, 11) is 2.95. The maximum Gasteiger partial charge on any atom is 0.337 e. The zero-order valence-electron chi connectivity index (χ0n) is 15.9. The van der Waals surface area contributed by atoms with Crippen LogP contribution in [0, 0.1) is 0 Å². The van der Waals surface area contributed by atoms with E-state index in [1.807, 2.05) is 24.3 Å². The zero-order chi connectivity index (χ0) is 20.4. The van der Waals surface area contributed by atoms with Crippen molar-refractivity contribution in [1.29, 1.82) is 0 Å². The first kappa shape index (κ1) is 18.4. The molecule has 0 saturated carbocycles. The Bertz CT molecular complexity index is 1190. The number of methoxy groups -OCH3 is 2. The topological polar surface area (TPSA) is 81.5 Å². The maximum atomic E-state index is 11.9. The van der Waals surface area contributed by atoms with Gasteiger partial charge in [-0.1, -0.05) is 0 Å². The minimum absolute atomic E-state index is 0.177. The van der Waals surface area contributed by atoms with Crippen LogP contribution in [0.2, 0.25) is 0 Å². The van der Waals surface area contributed by atoms with Crippen molar-refractivity contribution in [2.45, 2.75) is 0 Å². The molecular formula is C23H18N2O4. The molecule has 0 bridgehead atoms. The van der Waals surface area contributed by atoms with Crippen LogP contribution in [0.1, 0.15) is 10.4 Å². The largest absolute Gasteiger partial charge is 0.508 e. The fourth-order valence-corrected chi connectivity index (χ4v) is 3.07. The third-order valence-corrected chi connectivity index (χ3v) is 4.59. The molecule has 6 heteroatoms. The van der Waals surface area contributed by atoms with Crippen LogP contribution in [0.4, 0.5) is 0 Å². The second kappa shape index (κ2) is 7.59. The number of esters is 1. The molecule has 0 amide bonds. The molecule has 0 saturated heterocycles. The fourth-order valence-electron chi connectivity index (χ4n) is 3.07. The second-order valence-electron chi connectivity index (χ2n) is 6.39. The third-order valence-electron chi connectivity index (χ3n) is 4.59. The number of carbonyl (C=O) groups excluding carboxylic acids is 1. The number of benzene rings is 3. The van der Waals surface area contributed by atoms with Gasteiger partial charge in [0.05, 0.1) is 42.2 Å². The SMILES string of the molecule is COC(=O)c1ccc2nc(-c3ccc(O)cc3)c(-c3ccc(OC)cc3)nc2c1. The van der Waals surface area contributed by atoms with Crippen LogP contribution in [-0.4, -0.2) is 35.3 Å². The van der Waals surface area contributed by atoms with E-state index in [9.17, 15) is 9.90 Å². The molecule has 4 rings (SSSR count). The standard InChI is InChI=1S/C23H18N2O4/c1-28-18-10-5-15(6-11-18)22-21(14-3-8-17(26)9-4-14)24-19-12-7-16(23(27)29-2)13-20(19)25-22/h3-13,26H,1-2H3. The molecule has 0 spiro atoms. The van der Waals surface area contributed by atoms with E-state index in [1.165, 1.54) is 7.11 Å². The number of aromatic nitrogens is 2. The number of ether oxygens (including phenoxy) is 2. The Morgan fingerprint density at radius 1 is 0.793 bits per heavy atom. The Morgan fingerprint density at radius 2 is 1.38 bits per heavy atom. The number of phenolic OH excluding ortho intramolecular Hbond substituents is 1. The van der Waals surface area contributed by atoms with Crippen molar-refractivity contribution in [3.8, 4) is 34.0 Å². The minimum Gasteiger partial charge on any atom is -0.508 e. The van der Waals surface area contributed by atoms with Gasteiger partial charge >= 0.3 is 5.97 Å². The second-order valence-corrected chi connectivity index (χ2v) is 6.39. The molecule has 0 aliphatic heterocycles. The molecule has 4 aromatic rings. The Labute approximate surface area is 167 Å². The Balaban J connectivity index is 1.95. The summed E-state index contributed by atoms with van der Waals surface area (Å²) >= 11 is 0. The van der Waals surface area contributed by atoms with E-state index < -0.39 is 5.97 Å². The molecule has 29 heavy (non-hydrogen) atoms. The van der Waals surface area contributed by atoms with Gasteiger partial charge in [-0.3, -0.25) is 0 Å². The van der Waals surface area contributed by atoms with Gasteiger partial charge in [-0.2, -0.15) is 0 Å². The lowest BCUT2D eigenvalue weighted by atomic mass is 10.0. The first-order valence-corrected chi connectivity index (χ1v) is 8.93. The van der Waals surface area contributed by atoms with Gasteiger partial charge in [0.2, 0.25) is 0 Å². The number of rotatable bonds is 4.